The molecule has 0 bridgehead atoms. The highest BCUT2D eigenvalue weighted by atomic mass is 35.5. The van der Waals surface area contributed by atoms with Crippen molar-refractivity contribution in [1.82, 2.24) is 5.32 Å². The van der Waals surface area contributed by atoms with E-state index in [9.17, 15) is 23.7 Å². The lowest BCUT2D eigenvalue weighted by Gasteiger charge is -2.15. The van der Waals surface area contributed by atoms with Crippen LogP contribution in [0.5, 0.6) is 5.75 Å². The Morgan fingerprint density at radius 1 is 1.32 bits per heavy atom. The van der Waals surface area contributed by atoms with Gasteiger partial charge in [0.25, 0.3) is 11.6 Å². The van der Waals surface area contributed by atoms with Crippen LogP contribution >= 0.6 is 11.6 Å². The quantitative estimate of drug-likeness (QED) is 0.619. The van der Waals surface area contributed by atoms with Crippen LogP contribution in [0.4, 0.5) is 14.5 Å². The topological polar surface area (TPSA) is 81.5 Å². The maximum atomic E-state index is 13.7. The standard InChI is InChI=1S/C16H13ClF2N2O4/c1-9(12-4-2-10(18)6-14(12)19)20-16(22)8-25-15-5-3-11(21(23)24)7-13(15)17/h2-7,9H,8H2,1H3,(H,20,22)/t9-/m1/s1. The summed E-state index contributed by atoms with van der Waals surface area (Å²) in [5.74, 6) is -1.95. The fourth-order valence-corrected chi connectivity index (χ4v) is 2.31. The van der Waals surface area contributed by atoms with Gasteiger partial charge in [-0.3, -0.25) is 14.9 Å². The van der Waals surface area contributed by atoms with Crippen molar-refractivity contribution >= 4 is 23.2 Å². The van der Waals surface area contributed by atoms with E-state index in [1.54, 1.807) is 0 Å². The number of nitro groups is 1. The molecule has 0 unspecified atom stereocenters. The number of carbonyl (C=O) groups excluding carboxylic acids is 1. The SMILES string of the molecule is C[C@@H](NC(=O)COc1ccc([N+](=O)[O-])cc1Cl)c1ccc(F)cc1F. The fraction of sp³-hybridized carbons (Fsp3) is 0.188. The minimum Gasteiger partial charge on any atom is -0.482 e. The Hall–Kier alpha value is -2.74. The molecule has 25 heavy (non-hydrogen) atoms. The number of nitrogens with zero attached hydrogens (tertiary/aromatic N) is 1. The first-order valence-electron chi connectivity index (χ1n) is 7.09. The zero-order chi connectivity index (χ0) is 18.6. The summed E-state index contributed by atoms with van der Waals surface area (Å²) in [6.45, 7) is 1.11. The van der Waals surface area contributed by atoms with E-state index < -0.39 is 35.1 Å². The number of nitrogens with one attached hydrogen (secondary N) is 1. The highest BCUT2D eigenvalue weighted by molar-refractivity contribution is 6.32. The van der Waals surface area contributed by atoms with Crippen LogP contribution < -0.4 is 10.1 Å². The first-order chi connectivity index (χ1) is 11.8. The molecule has 1 N–H and O–H groups in total. The summed E-state index contributed by atoms with van der Waals surface area (Å²) < 4.78 is 31.8. The van der Waals surface area contributed by atoms with E-state index >= 15 is 0 Å². The van der Waals surface area contributed by atoms with Crippen molar-refractivity contribution in [2.45, 2.75) is 13.0 Å². The second-order valence-electron chi connectivity index (χ2n) is 5.12. The number of carbonyl (C=O) groups is 1. The summed E-state index contributed by atoms with van der Waals surface area (Å²) >= 11 is 5.85. The van der Waals surface area contributed by atoms with E-state index in [2.05, 4.69) is 5.32 Å². The Balaban J connectivity index is 1.95. The molecule has 0 saturated carbocycles. The molecule has 6 nitrogen and oxygen atoms in total. The summed E-state index contributed by atoms with van der Waals surface area (Å²) in [6.07, 6.45) is 0. The summed E-state index contributed by atoms with van der Waals surface area (Å²) in [6, 6.07) is 5.92. The van der Waals surface area contributed by atoms with Gasteiger partial charge in [0.05, 0.1) is 16.0 Å². The Labute approximate surface area is 146 Å². The van der Waals surface area contributed by atoms with Crippen molar-refractivity contribution in [2.75, 3.05) is 6.61 Å². The highest BCUT2D eigenvalue weighted by Gasteiger charge is 2.16. The van der Waals surface area contributed by atoms with Gasteiger partial charge in [0.15, 0.2) is 6.61 Å². The summed E-state index contributed by atoms with van der Waals surface area (Å²) in [5.41, 5.74) is -0.0784. The van der Waals surface area contributed by atoms with Crippen LogP contribution in [0.1, 0.15) is 18.5 Å². The Kier molecular flexibility index (Phi) is 5.87. The molecule has 2 rings (SSSR count). The molecule has 9 heteroatoms. The van der Waals surface area contributed by atoms with Crippen molar-refractivity contribution < 1.29 is 23.2 Å². The van der Waals surface area contributed by atoms with Gasteiger partial charge in [-0.2, -0.15) is 0 Å². The molecule has 0 heterocycles. The van der Waals surface area contributed by atoms with Gasteiger partial charge in [0, 0.05) is 23.8 Å². The summed E-state index contributed by atoms with van der Waals surface area (Å²) in [7, 11) is 0. The predicted octanol–water partition coefficient (Wildman–Crippen LogP) is 3.78. The first-order valence-corrected chi connectivity index (χ1v) is 7.46. The van der Waals surface area contributed by atoms with E-state index in [1.165, 1.54) is 25.1 Å². The number of non-ortho nitro benzene ring substituents is 1. The number of amides is 1. The molecular formula is C16H13ClF2N2O4. The average Bonchev–Trinajstić information content (AvgIpc) is 2.53. The normalized spacial score (nSPS) is 11.7. The fourth-order valence-electron chi connectivity index (χ4n) is 2.08. The second kappa shape index (κ2) is 7.89. The van der Waals surface area contributed by atoms with E-state index in [-0.39, 0.29) is 22.0 Å². The van der Waals surface area contributed by atoms with Crippen LogP contribution in [-0.4, -0.2) is 17.4 Å². The monoisotopic (exact) mass is 370 g/mol. The molecule has 0 aliphatic rings. The number of rotatable bonds is 6. The minimum absolute atomic E-state index is 0.0142. The summed E-state index contributed by atoms with van der Waals surface area (Å²) in [4.78, 5) is 21.9. The molecule has 1 amide bonds. The molecule has 1 atom stereocenters. The smallest absolute Gasteiger partial charge is 0.271 e. The van der Waals surface area contributed by atoms with Crippen LogP contribution in [0.2, 0.25) is 5.02 Å². The van der Waals surface area contributed by atoms with Gasteiger partial charge in [-0.25, -0.2) is 8.78 Å². The molecule has 0 spiro atoms. The van der Waals surface area contributed by atoms with Crippen LogP contribution in [-0.2, 0) is 4.79 Å². The third-order valence-electron chi connectivity index (χ3n) is 3.29. The van der Waals surface area contributed by atoms with Crippen molar-refractivity contribution in [1.29, 1.82) is 0 Å². The number of ether oxygens (including phenoxy) is 1. The van der Waals surface area contributed by atoms with E-state index in [0.717, 1.165) is 18.2 Å². The molecule has 0 aliphatic carbocycles. The Morgan fingerprint density at radius 3 is 2.64 bits per heavy atom. The molecule has 2 aromatic carbocycles. The van der Waals surface area contributed by atoms with Crippen molar-refractivity contribution in [3.05, 3.63) is 68.7 Å². The van der Waals surface area contributed by atoms with E-state index in [4.69, 9.17) is 16.3 Å². The van der Waals surface area contributed by atoms with Crippen molar-refractivity contribution in [3.63, 3.8) is 0 Å². The van der Waals surface area contributed by atoms with Gasteiger partial charge in [-0.15, -0.1) is 0 Å². The maximum Gasteiger partial charge on any atom is 0.271 e. The molecular weight excluding hydrogens is 358 g/mol. The maximum absolute atomic E-state index is 13.7. The molecule has 0 aromatic heterocycles. The molecule has 0 aliphatic heterocycles. The van der Waals surface area contributed by atoms with Crippen LogP contribution in [0, 0.1) is 21.7 Å². The average molecular weight is 371 g/mol. The van der Waals surface area contributed by atoms with E-state index in [1.807, 2.05) is 0 Å². The van der Waals surface area contributed by atoms with Crippen LogP contribution in [0.15, 0.2) is 36.4 Å². The first kappa shape index (κ1) is 18.6. The molecule has 0 fully saturated rings. The number of halogens is 3. The Morgan fingerprint density at radius 2 is 2.04 bits per heavy atom. The van der Waals surface area contributed by atoms with Gasteiger partial charge >= 0.3 is 0 Å². The molecule has 2 aromatic rings. The number of hydrogen-bond acceptors (Lipinski definition) is 4. The van der Waals surface area contributed by atoms with Crippen LogP contribution in [0.25, 0.3) is 0 Å². The van der Waals surface area contributed by atoms with Gasteiger partial charge in [-0.1, -0.05) is 17.7 Å². The third kappa shape index (κ3) is 4.87. The highest BCUT2D eigenvalue weighted by Crippen LogP contribution is 2.28. The van der Waals surface area contributed by atoms with Gasteiger partial charge in [0.2, 0.25) is 0 Å². The molecule has 132 valence electrons. The Bertz CT molecular complexity index is 817. The van der Waals surface area contributed by atoms with Gasteiger partial charge in [0.1, 0.15) is 17.4 Å². The number of nitro benzene ring substituents is 1. The zero-order valence-corrected chi connectivity index (χ0v) is 13.7. The zero-order valence-electron chi connectivity index (χ0n) is 13.0. The third-order valence-corrected chi connectivity index (χ3v) is 3.59. The van der Waals surface area contributed by atoms with E-state index in [0.29, 0.717) is 0 Å². The minimum atomic E-state index is -0.771. The van der Waals surface area contributed by atoms with Crippen molar-refractivity contribution in [2.24, 2.45) is 0 Å². The van der Waals surface area contributed by atoms with Crippen molar-refractivity contribution in [3.8, 4) is 5.75 Å². The lowest BCUT2D eigenvalue weighted by Crippen LogP contribution is -2.31. The summed E-state index contributed by atoms with van der Waals surface area (Å²) in [5, 5.41) is 13.1. The molecule has 0 radical (unpaired) electrons. The van der Waals surface area contributed by atoms with Gasteiger partial charge in [-0.05, 0) is 19.1 Å². The molecule has 0 saturated heterocycles. The number of hydrogen-bond donors (Lipinski definition) is 1. The van der Waals surface area contributed by atoms with Gasteiger partial charge < -0.3 is 10.1 Å². The predicted molar refractivity (Wildman–Crippen MR) is 86.5 cm³/mol. The lowest BCUT2D eigenvalue weighted by atomic mass is 10.1. The lowest BCUT2D eigenvalue weighted by molar-refractivity contribution is -0.384. The second-order valence-corrected chi connectivity index (χ2v) is 5.52. The largest absolute Gasteiger partial charge is 0.482 e. The van der Waals surface area contributed by atoms with Crippen LogP contribution in [0.3, 0.4) is 0 Å². The number of benzene rings is 2.